The topological polar surface area (TPSA) is 3.24 Å². The van der Waals surface area contributed by atoms with Gasteiger partial charge in [0.05, 0.1) is 6.04 Å². The van der Waals surface area contributed by atoms with E-state index in [0.29, 0.717) is 6.04 Å². The minimum Gasteiger partial charge on any atom is -0.337 e. The van der Waals surface area contributed by atoms with E-state index in [2.05, 4.69) is 134 Å². The zero-order valence-electron chi connectivity index (χ0n) is 23.2. The Balaban J connectivity index is 1.16. The minimum absolute atomic E-state index is 0.289. The molecule has 194 valence electrons. The van der Waals surface area contributed by atoms with Crippen LogP contribution in [0.1, 0.15) is 53.0 Å². The highest BCUT2D eigenvalue weighted by Gasteiger charge is 2.36. The second-order valence-electron chi connectivity index (χ2n) is 11.7. The van der Waals surface area contributed by atoms with Gasteiger partial charge >= 0.3 is 0 Å². The SMILES string of the molecule is Cc1cc(C2c3ccccc3-c3ccccc32)ccc1-c1ccc(N2C3=C(C=CCC3)C3=CC=CCC32)cc1C. The summed E-state index contributed by atoms with van der Waals surface area (Å²) in [6.07, 6.45) is 14.9. The van der Waals surface area contributed by atoms with E-state index in [1.807, 2.05) is 0 Å². The highest BCUT2D eigenvalue weighted by Crippen LogP contribution is 2.49. The number of hydrogen-bond acceptors (Lipinski definition) is 1. The van der Waals surface area contributed by atoms with E-state index in [4.69, 9.17) is 0 Å². The fourth-order valence-corrected chi connectivity index (χ4v) is 7.60. The summed E-state index contributed by atoms with van der Waals surface area (Å²) in [6.45, 7) is 4.55. The molecule has 4 aromatic carbocycles. The molecule has 8 rings (SSSR count). The van der Waals surface area contributed by atoms with Gasteiger partial charge in [0.1, 0.15) is 0 Å². The van der Waals surface area contributed by atoms with E-state index in [9.17, 15) is 0 Å². The van der Waals surface area contributed by atoms with Crippen molar-refractivity contribution in [3.63, 3.8) is 0 Å². The van der Waals surface area contributed by atoms with Gasteiger partial charge in [-0.2, -0.15) is 0 Å². The normalized spacial score (nSPS) is 18.9. The predicted octanol–water partition coefficient (Wildman–Crippen LogP) is 9.81. The van der Waals surface area contributed by atoms with Crippen LogP contribution >= 0.6 is 0 Å². The van der Waals surface area contributed by atoms with Crippen LogP contribution in [0.3, 0.4) is 0 Å². The van der Waals surface area contributed by atoms with E-state index in [1.54, 1.807) is 0 Å². The lowest BCUT2D eigenvalue weighted by Crippen LogP contribution is -2.31. The maximum absolute atomic E-state index is 2.62. The molecule has 40 heavy (non-hydrogen) atoms. The molecule has 4 aliphatic rings. The first-order valence-electron chi connectivity index (χ1n) is 14.6. The zero-order valence-corrected chi connectivity index (χ0v) is 23.2. The smallest absolute Gasteiger partial charge is 0.0629 e. The molecule has 1 heteroatoms. The molecule has 1 heterocycles. The van der Waals surface area contributed by atoms with Gasteiger partial charge in [0.15, 0.2) is 0 Å². The van der Waals surface area contributed by atoms with Crippen molar-refractivity contribution in [2.45, 2.75) is 45.1 Å². The van der Waals surface area contributed by atoms with Crippen LogP contribution in [-0.2, 0) is 0 Å². The van der Waals surface area contributed by atoms with Crippen molar-refractivity contribution >= 4 is 5.69 Å². The van der Waals surface area contributed by atoms with Crippen LogP contribution in [-0.4, -0.2) is 6.04 Å². The van der Waals surface area contributed by atoms with E-state index >= 15 is 0 Å². The molecule has 0 fully saturated rings. The minimum atomic E-state index is 0.289. The molecular formula is C39H33N. The average molecular weight is 516 g/mol. The molecule has 0 aromatic heterocycles. The van der Waals surface area contributed by atoms with Crippen LogP contribution in [0.25, 0.3) is 22.3 Å². The van der Waals surface area contributed by atoms with Gasteiger partial charge in [0.2, 0.25) is 0 Å². The van der Waals surface area contributed by atoms with Crippen LogP contribution in [0.15, 0.2) is 132 Å². The second-order valence-corrected chi connectivity index (χ2v) is 11.7. The van der Waals surface area contributed by atoms with Gasteiger partial charge in [0, 0.05) is 17.3 Å². The molecular weight excluding hydrogens is 482 g/mol. The van der Waals surface area contributed by atoms with Crippen LogP contribution in [0, 0.1) is 13.8 Å². The van der Waals surface area contributed by atoms with Crippen molar-refractivity contribution in [3.8, 4) is 22.3 Å². The molecule has 0 saturated heterocycles. The van der Waals surface area contributed by atoms with E-state index in [1.165, 1.54) is 72.6 Å². The number of hydrogen-bond donors (Lipinski definition) is 0. The van der Waals surface area contributed by atoms with E-state index < -0.39 is 0 Å². The van der Waals surface area contributed by atoms with Gasteiger partial charge in [-0.3, -0.25) is 0 Å². The number of nitrogens with zero attached hydrogens (tertiary/aromatic N) is 1. The predicted molar refractivity (Wildman–Crippen MR) is 168 cm³/mol. The average Bonchev–Trinajstić information content (AvgIpc) is 3.51. The largest absolute Gasteiger partial charge is 0.337 e. The fourth-order valence-electron chi connectivity index (χ4n) is 7.60. The summed E-state index contributed by atoms with van der Waals surface area (Å²) < 4.78 is 0. The molecule has 0 saturated carbocycles. The Morgan fingerprint density at radius 1 is 0.700 bits per heavy atom. The molecule has 3 aliphatic carbocycles. The quantitative estimate of drug-likeness (QED) is 0.231. The molecule has 0 bridgehead atoms. The number of fused-ring (bicyclic) bond motifs is 5. The molecule has 0 amide bonds. The molecule has 4 aromatic rings. The second kappa shape index (κ2) is 9.10. The van der Waals surface area contributed by atoms with Gasteiger partial charge in [-0.25, -0.2) is 0 Å². The lowest BCUT2D eigenvalue weighted by atomic mass is 9.86. The van der Waals surface area contributed by atoms with Crippen LogP contribution in [0.5, 0.6) is 0 Å². The summed E-state index contributed by atoms with van der Waals surface area (Å²) in [5.74, 6) is 0.289. The summed E-state index contributed by atoms with van der Waals surface area (Å²) in [5, 5.41) is 0. The summed E-state index contributed by atoms with van der Waals surface area (Å²) >= 11 is 0. The number of rotatable bonds is 3. The number of aryl methyl sites for hydroxylation is 2. The lowest BCUT2D eigenvalue weighted by Gasteiger charge is -2.31. The Labute approximate surface area is 237 Å². The van der Waals surface area contributed by atoms with Crippen molar-refractivity contribution in [2.24, 2.45) is 0 Å². The third-order valence-electron chi connectivity index (χ3n) is 9.38. The molecule has 1 aliphatic heterocycles. The first kappa shape index (κ1) is 23.5. The first-order valence-corrected chi connectivity index (χ1v) is 14.6. The van der Waals surface area contributed by atoms with Crippen molar-refractivity contribution in [1.82, 2.24) is 0 Å². The van der Waals surface area contributed by atoms with Crippen LogP contribution in [0.2, 0.25) is 0 Å². The summed E-state index contributed by atoms with van der Waals surface area (Å²) in [7, 11) is 0. The molecule has 1 unspecified atom stereocenters. The van der Waals surface area contributed by atoms with Gasteiger partial charge in [-0.1, -0.05) is 103 Å². The van der Waals surface area contributed by atoms with Gasteiger partial charge in [-0.15, -0.1) is 0 Å². The third kappa shape index (κ3) is 3.47. The van der Waals surface area contributed by atoms with E-state index in [0.717, 1.165) is 19.3 Å². The number of allylic oxidation sites excluding steroid dienone is 5. The Hall–Kier alpha value is -4.36. The Morgan fingerprint density at radius 3 is 2.12 bits per heavy atom. The number of anilines is 1. The standard InChI is InChI=1S/C39H33N/c1-25-23-27(39-35-15-5-3-11-31(35)32-12-4-6-16-36(32)39)19-21-29(25)30-22-20-28(24-26(30)2)40-37-17-9-7-13-33(37)34-14-8-10-18-38(34)40/h3-9,11-16,19-24,37,39H,10,17-18H2,1-2H3. The first-order chi connectivity index (χ1) is 19.7. The number of benzene rings is 4. The highest BCUT2D eigenvalue weighted by molar-refractivity contribution is 5.82. The Bertz CT molecular complexity index is 1760. The fraction of sp³-hybridized carbons (Fsp3) is 0.179. The maximum atomic E-state index is 2.62. The van der Waals surface area contributed by atoms with Crippen molar-refractivity contribution < 1.29 is 0 Å². The van der Waals surface area contributed by atoms with Crippen molar-refractivity contribution in [1.29, 1.82) is 0 Å². The summed E-state index contributed by atoms with van der Waals surface area (Å²) in [5.41, 5.74) is 18.0. The zero-order chi connectivity index (χ0) is 26.8. The maximum Gasteiger partial charge on any atom is 0.0629 e. The molecule has 1 atom stereocenters. The summed E-state index contributed by atoms with van der Waals surface area (Å²) in [6, 6.07) is 32.5. The van der Waals surface area contributed by atoms with Gasteiger partial charge in [-0.05, 0) is 106 Å². The molecule has 1 nitrogen and oxygen atoms in total. The van der Waals surface area contributed by atoms with E-state index in [-0.39, 0.29) is 5.92 Å². The van der Waals surface area contributed by atoms with Crippen molar-refractivity contribution in [3.05, 3.63) is 160 Å². The lowest BCUT2D eigenvalue weighted by molar-refractivity contribution is 0.739. The monoisotopic (exact) mass is 515 g/mol. The van der Waals surface area contributed by atoms with Crippen LogP contribution < -0.4 is 4.90 Å². The molecule has 0 spiro atoms. The van der Waals surface area contributed by atoms with Gasteiger partial charge < -0.3 is 4.90 Å². The molecule has 0 N–H and O–H groups in total. The Kier molecular flexibility index (Phi) is 5.35. The molecule has 0 radical (unpaired) electrons. The van der Waals surface area contributed by atoms with Crippen molar-refractivity contribution in [2.75, 3.05) is 4.90 Å². The summed E-state index contributed by atoms with van der Waals surface area (Å²) in [4.78, 5) is 2.62. The Morgan fingerprint density at radius 2 is 1.40 bits per heavy atom. The third-order valence-corrected chi connectivity index (χ3v) is 9.38. The van der Waals surface area contributed by atoms with Crippen LogP contribution in [0.4, 0.5) is 5.69 Å². The van der Waals surface area contributed by atoms with Gasteiger partial charge in [0.25, 0.3) is 0 Å². The highest BCUT2D eigenvalue weighted by atomic mass is 15.2.